The number of rotatable bonds is 5. The molecule has 0 saturated carbocycles. The van der Waals surface area contributed by atoms with E-state index in [1.807, 2.05) is 7.05 Å². The third kappa shape index (κ3) is 4.35. The van der Waals surface area contributed by atoms with Gasteiger partial charge in [-0.15, -0.1) is 0 Å². The third-order valence-electron chi connectivity index (χ3n) is 4.13. The summed E-state index contributed by atoms with van der Waals surface area (Å²) in [5, 5.41) is 3.31. The SMILES string of the molecule is CCC(CNC)Cc1c(C)cc(C(C)(C)C)cc1C. The Labute approximate surface area is 119 Å². The molecule has 19 heavy (non-hydrogen) atoms. The molecule has 0 bridgehead atoms. The van der Waals surface area contributed by atoms with Gasteiger partial charge in [-0.2, -0.15) is 0 Å². The lowest BCUT2D eigenvalue weighted by molar-refractivity contribution is 0.479. The molecular formula is C18H31N. The van der Waals surface area contributed by atoms with E-state index < -0.39 is 0 Å². The van der Waals surface area contributed by atoms with Crippen molar-refractivity contribution in [2.75, 3.05) is 13.6 Å². The summed E-state index contributed by atoms with van der Waals surface area (Å²) >= 11 is 0. The maximum absolute atomic E-state index is 3.31. The Morgan fingerprint density at radius 3 is 2.00 bits per heavy atom. The molecule has 1 unspecified atom stereocenters. The molecule has 1 rings (SSSR count). The van der Waals surface area contributed by atoms with Crippen LogP contribution in [0.2, 0.25) is 0 Å². The molecule has 1 N–H and O–H groups in total. The van der Waals surface area contributed by atoms with Crippen molar-refractivity contribution < 1.29 is 0 Å². The van der Waals surface area contributed by atoms with E-state index in [0.717, 1.165) is 12.5 Å². The van der Waals surface area contributed by atoms with E-state index >= 15 is 0 Å². The van der Waals surface area contributed by atoms with Crippen molar-refractivity contribution in [2.45, 2.75) is 59.8 Å². The fourth-order valence-corrected chi connectivity index (χ4v) is 2.69. The average molecular weight is 261 g/mol. The summed E-state index contributed by atoms with van der Waals surface area (Å²) in [6.07, 6.45) is 2.43. The predicted octanol–water partition coefficient (Wildman–Crippen LogP) is 4.39. The summed E-state index contributed by atoms with van der Waals surface area (Å²) in [7, 11) is 2.05. The van der Waals surface area contributed by atoms with Gasteiger partial charge in [-0.3, -0.25) is 0 Å². The number of hydrogen-bond acceptors (Lipinski definition) is 1. The molecule has 108 valence electrons. The molecule has 0 saturated heterocycles. The molecule has 1 aromatic rings. The predicted molar refractivity (Wildman–Crippen MR) is 86.0 cm³/mol. The molecule has 0 amide bonds. The number of aryl methyl sites for hydroxylation is 2. The van der Waals surface area contributed by atoms with E-state index in [-0.39, 0.29) is 5.41 Å². The minimum Gasteiger partial charge on any atom is -0.319 e. The first-order valence-electron chi connectivity index (χ1n) is 7.54. The zero-order valence-corrected chi connectivity index (χ0v) is 13.9. The zero-order valence-electron chi connectivity index (χ0n) is 13.9. The van der Waals surface area contributed by atoms with Crippen molar-refractivity contribution in [2.24, 2.45) is 5.92 Å². The van der Waals surface area contributed by atoms with Crippen LogP contribution in [-0.2, 0) is 11.8 Å². The molecule has 0 aliphatic heterocycles. The van der Waals surface area contributed by atoms with E-state index in [4.69, 9.17) is 0 Å². The second kappa shape index (κ2) is 6.56. The number of hydrogen-bond donors (Lipinski definition) is 1. The quantitative estimate of drug-likeness (QED) is 0.829. The normalized spacial score (nSPS) is 13.6. The molecule has 0 aliphatic rings. The first-order valence-corrected chi connectivity index (χ1v) is 7.54. The Kier molecular flexibility index (Phi) is 5.61. The van der Waals surface area contributed by atoms with Crippen LogP contribution in [0, 0.1) is 19.8 Å². The van der Waals surface area contributed by atoms with E-state index in [9.17, 15) is 0 Å². The van der Waals surface area contributed by atoms with Crippen molar-refractivity contribution in [1.82, 2.24) is 5.32 Å². The molecule has 1 aromatic carbocycles. The molecule has 1 nitrogen and oxygen atoms in total. The monoisotopic (exact) mass is 261 g/mol. The van der Waals surface area contributed by atoms with Gasteiger partial charge in [0.1, 0.15) is 0 Å². The van der Waals surface area contributed by atoms with E-state index in [0.29, 0.717) is 0 Å². The second-order valence-corrected chi connectivity index (χ2v) is 6.87. The first kappa shape index (κ1) is 16.2. The van der Waals surface area contributed by atoms with Crippen LogP contribution >= 0.6 is 0 Å². The van der Waals surface area contributed by atoms with Gasteiger partial charge in [-0.25, -0.2) is 0 Å². The lowest BCUT2D eigenvalue weighted by atomic mass is 9.82. The largest absolute Gasteiger partial charge is 0.319 e. The van der Waals surface area contributed by atoms with Gasteiger partial charge in [0.05, 0.1) is 0 Å². The highest BCUT2D eigenvalue weighted by molar-refractivity contribution is 5.40. The van der Waals surface area contributed by atoms with Crippen LogP contribution < -0.4 is 5.32 Å². The van der Waals surface area contributed by atoms with Crippen LogP contribution in [-0.4, -0.2) is 13.6 Å². The molecule has 0 heterocycles. The van der Waals surface area contributed by atoms with Gasteiger partial charge in [0.25, 0.3) is 0 Å². The minimum absolute atomic E-state index is 0.239. The Morgan fingerprint density at radius 1 is 1.11 bits per heavy atom. The first-order chi connectivity index (χ1) is 8.79. The molecular weight excluding hydrogens is 230 g/mol. The summed E-state index contributed by atoms with van der Waals surface area (Å²) < 4.78 is 0. The van der Waals surface area contributed by atoms with Gasteiger partial charge in [-0.05, 0) is 67.4 Å². The fourth-order valence-electron chi connectivity index (χ4n) is 2.69. The molecule has 0 aromatic heterocycles. The summed E-state index contributed by atoms with van der Waals surface area (Å²) in [5.41, 5.74) is 6.16. The standard InChI is InChI=1S/C18H31N/c1-8-15(12-19-7)11-17-13(2)9-16(10-14(17)3)18(4,5)6/h9-10,15,19H,8,11-12H2,1-7H3. The molecule has 0 radical (unpaired) electrons. The maximum atomic E-state index is 3.31. The Hall–Kier alpha value is -0.820. The van der Waals surface area contributed by atoms with Crippen molar-refractivity contribution in [3.8, 4) is 0 Å². The van der Waals surface area contributed by atoms with E-state index in [1.165, 1.54) is 29.5 Å². The Bertz CT molecular complexity index is 389. The van der Waals surface area contributed by atoms with Crippen LogP contribution in [0.25, 0.3) is 0 Å². The van der Waals surface area contributed by atoms with E-state index in [1.54, 1.807) is 5.56 Å². The number of benzene rings is 1. The summed E-state index contributed by atoms with van der Waals surface area (Å²) in [4.78, 5) is 0. The van der Waals surface area contributed by atoms with E-state index in [2.05, 4.69) is 59.0 Å². The van der Waals surface area contributed by atoms with Crippen molar-refractivity contribution >= 4 is 0 Å². The van der Waals surface area contributed by atoms with Crippen molar-refractivity contribution in [3.05, 3.63) is 34.4 Å². The lowest BCUT2D eigenvalue weighted by Crippen LogP contribution is -2.21. The van der Waals surface area contributed by atoms with Crippen LogP contribution in [0.4, 0.5) is 0 Å². The molecule has 0 spiro atoms. The zero-order chi connectivity index (χ0) is 14.6. The van der Waals surface area contributed by atoms with Crippen LogP contribution in [0.1, 0.15) is 56.4 Å². The second-order valence-electron chi connectivity index (χ2n) is 6.87. The lowest BCUT2D eigenvalue weighted by Gasteiger charge is -2.24. The van der Waals surface area contributed by atoms with Crippen LogP contribution in [0.3, 0.4) is 0 Å². The summed E-state index contributed by atoms with van der Waals surface area (Å²) in [5.74, 6) is 0.739. The van der Waals surface area contributed by atoms with Crippen LogP contribution in [0.15, 0.2) is 12.1 Å². The summed E-state index contributed by atoms with van der Waals surface area (Å²) in [6.45, 7) is 14.8. The fraction of sp³-hybridized carbons (Fsp3) is 0.667. The van der Waals surface area contributed by atoms with Gasteiger partial charge in [0.2, 0.25) is 0 Å². The highest BCUT2D eigenvalue weighted by Gasteiger charge is 2.17. The van der Waals surface area contributed by atoms with Gasteiger partial charge in [-0.1, -0.05) is 46.2 Å². The van der Waals surface area contributed by atoms with Gasteiger partial charge in [0.15, 0.2) is 0 Å². The maximum Gasteiger partial charge on any atom is -0.00204 e. The van der Waals surface area contributed by atoms with Gasteiger partial charge < -0.3 is 5.32 Å². The van der Waals surface area contributed by atoms with Gasteiger partial charge in [0, 0.05) is 0 Å². The topological polar surface area (TPSA) is 12.0 Å². The highest BCUT2D eigenvalue weighted by atomic mass is 14.8. The van der Waals surface area contributed by atoms with Crippen molar-refractivity contribution in [3.63, 3.8) is 0 Å². The molecule has 1 atom stereocenters. The molecule has 0 fully saturated rings. The molecule has 1 heteroatoms. The third-order valence-corrected chi connectivity index (χ3v) is 4.13. The van der Waals surface area contributed by atoms with Crippen molar-refractivity contribution in [1.29, 1.82) is 0 Å². The Morgan fingerprint density at radius 2 is 1.63 bits per heavy atom. The minimum atomic E-state index is 0.239. The Balaban J connectivity index is 3.03. The smallest absolute Gasteiger partial charge is 0.00204 e. The molecule has 0 aliphatic carbocycles. The average Bonchev–Trinajstić information content (AvgIpc) is 2.30. The van der Waals surface area contributed by atoms with Crippen LogP contribution in [0.5, 0.6) is 0 Å². The summed E-state index contributed by atoms with van der Waals surface area (Å²) in [6, 6.07) is 4.77. The highest BCUT2D eigenvalue weighted by Crippen LogP contribution is 2.28. The van der Waals surface area contributed by atoms with Gasteiger partial charge >= 0.3 is 0 Å². The number of nitrogens with one attached hydrogen (secondary N) is 1.